The van der Waals surface area contributed by atoms with Crippen molar-refractivity contribution in [3.63, 3.8) is 0 Å². The topological polar surface area (TPSA) is 0 Å². The number of benzene rings is 1. The van der Waals surface area contributed by atoms with Crippen LogP contribution in [-0.2, 0) is 0 Å². The van der Waals surface area contributed by atoms with Crippen LogP contribution in [0.4, 0.5) is 0 Å². The van der Waals surface area contributed by atoms with Crippen LogP contribution in [-0.4, -0.2) is 29.9 Å². The fraction of sp³-hybridized carbons (Fsp3) is 0.200. The summed E-state index contributed by atoms with van der Waals surface area (Å²) in [4.78, 5) is 4.62. The van der Waals surface area contributed by atoms with Gasteiger partial charge in [0.25, 0.3) is 0 Å². The maximum atomic E-state index is 2.32. The maximum absolute atomic E-state index is 2.32. The van der Waals surface area contributed by atoms with Gasteiger partial charge >= 0.3 is 86.9 Å². The van der Waals surface area contributed by atoms with Crippen LogP contribution in [0.1, 0.15) is 5.56 Å². The molecular formula is C10H12Se2. The summed E-state index contributed by atoms with van der Waals surface area (Å²) in [7, 11) is 0. The summed E-state index contributed by atoms with van der Waals surface area (Å²) in [6.45, 7) is 2.13. The molecule has 0 aliphatic carbocycles. The fourth-order valence-electron chi connectivity index (χ4n) is 0.779. The predicted molar refractivity (Wildman–Crippen MR) is 57.3 cm³/mol. The van der Waals surface area contributed by atoms with Crippen molar-refractivity contribution in [2.24, 2.45) is 0 Å². The molecule has 0 saturated carbocycles. The molecule has 0 aromatic heterocycles. The molecule has 1 aromatic rings. The van der Waals surface area contributed by atoms with Crippen molar-refractivity contribution in [1.29, 1.82) is 0 Å². The van der Waals surface area contributed by atoms with Gasteiger partial charge in [0.2, 0.25) is 0 Å². The summed E-state index contributed by atoms with van der Waals surface area (Å²) in [6.07, 6.45) is 0. The third kappa shape index (κ3) is 3.60. The van der Waals surface area contributed by atoms with Crippen LogP contribution in [0.5, 0.6) is 0 Å². The van der Waals surface area contributed by atoms with E-state index in [9.17, 15) is 0 Å². The molecule has 0 heterocycles. The first-order valence-electron chi connectivity index (χ1n) is 3.74. The molecule has 0 spiro atoms. The molecule has 1 aromatic carbocycles. The average Bonchev–Trinajstić information content (AvgIpc) is 2.09. The average molecular weight is 290 g/mol. The second kappa shape index (κ2) is 5.61. The molecule has 0 atom stereocenters. The monoisotopic (exact) mass is 292 g/mol. The van der Waals surface area contributed by atoms with E-state index in [1.165, 1.54) is 10.0 Å². The van der Waals surface area contributed by atoms with Gasteiger partial charge in [-0.2, -0.15) is 0 Å². The van der Waals surface area contributed by atoms with Crippen LogP contribution in [0.3, 0.4) is 0 Å². The zero-order chi connectivity index (χ0) is 8.81. The van der Waals surface area contributed by atoms with E-state index in [1.54, 1.807) is 0 Å². The summed E-state index contributed by atoms with van der Waals surface area (Å²) >= 11 is 1.23. The number of aryl methyl sites for hydroxylation is 1. The van der Waals surface area contributed by atoms with Crippen LogP contribution in [0.25, 0.3) is 0 Å². The minimum absolute atomic E-state index is 0.547. The van der Waals surface area contributed by atoms with Crippen molar-refractivity contribution in [3.8, 4) is 0 Å². The van der Waals surface area contributed by atoms with Crippen molar-refractivity contribution < 1.29 is 0 Å². The molecule has 0 aliphatic rings. The van der Waals surface area contributed by atoms with Gasteiger partial charge in [-0.15, -0.1) is 0 Å². The Morgan fingerprint density at radius 3 is 2.33 bits per heavy atom. The van der Waals surface area contributed by atoms with Gasteiger partial charge in [-0.05, 0) is 0 Å². The van der Waals surface area contributed by atoms with Crippen molar-refractivity contribution in [2.75, 3.05) is 0 Å². The molecule has 0 bridgehead atoms. The summed E-state index contributed by atoms with van der Waals surface area (Å²) in [5.74, 6) is 2.23. The van der Waals surface area contributed by atoms with Gasteiger partial charge in [-0.25, -0.2) is 0 Å². The quantitative estimate of drug-likeness (QED) is 0.741. The molecule has 0 aliphatic heterocycles. The molecule has 12 heavy (non-hydrogen) atoms. The number of rotatable bonds is 3. The zero-order valence-corrected chi connectivity index (χ0v) is 10.7. The zero-order valence-electron chi connectivity index (χ0n) is 7.28. The Kier molecular flexibility index (Phi) is 4.71. The van der Waals surface area contributed by atoms with Gasteiger partial charge in [0.15, 0.2) is 0 Å². The summed E-state index contributed by atoms with van der Waals surface area (Å²) in [6, 6.07) is 8.81. The van der Waals surface area contributed by atoms with E-state index in [2.05, 4.69) is 47.0 Å². The molecule has 0 radical (unpaired) electrons. The normalized spacial score (nSPS) is 10.8. The first-order valence-corrected chi connectivity index (χ1v) is 8.29. The molecule has 0 N–H and O–H groups in total. The van der Waals surface area contributed by atoms with Crippen molar-refractivity contribution in [2.45, 2.75) is 12.7 Å². The summed E-state index contributed by atoms with van der Waals surface area (Å²) in [5, 5.41) is 0. The van der Waals surface area contributed by atoms with E-state index in [1.807, 2.05) is 0 Å². The van der Waals surface area contributed by atoms with Gasteiger partial charge in [0, 0.05) is 0 Å². The van der Waals surface area contributed by atoms with Gasteiger partial charge in [0.1, 0.15) is 0 Å². The Hall–Kier alpha value is -0.00104. The minimum atomic E-state index is 0.547. The molecule has 1 rings (SSSR count). The van der Waals surface area contributed by atoms with Gasteiger partial charge < -0.3 is 0 Å². The van der Waals surface area contributed by atoms with Crippen molar-refractivity contribution >= 4 is 34.4 Å². The van der Waals surface area contributed by atoms with Crippen LogP contribution in [0.15, 0.2) is 34.2 Å². The third-order valence-electron chi connectivity index (χ3n) is 1.42. The SMILES string of the molecule is C[Se]/C=C\[Se]c1ccc(C)cc1. The molecule has 0 unspecified atom stereocenters. The molecule has 0 saturated heterocycles. The second-order valence-corrected chi connectivity index (χ2v) is 6.05. The van der Waals surface area contributed by atoms with Crippen molar-refractivity contribution in [3.05, 3.63) is 39.8 Å². The van der Waals surface area contributed by atoms with Crippen LogP contribution in [0.2, 0.25) is 5.82 Å². The Morgan fingerprint density at radius 1 is 1.08 bits per heavy atom. The van der Waals surface area contributed by atoms with Gasteiger partial charge in [0.05, 0.1) is 0 Å². The Morgan fingerprint density at radius 2 is 1.75 bits per heavy atom. The second-order valence-electron chi connectivity index (χ2n) is 2.44. The van der Waals surface area contributed by atoms with Gasteiger partial charge in [-0.3, -0.25) is 0 Å². The van der Waals surface area contributed by atoms with Crippen molar-refractivity contribution in [1.82, 2.24) is 0 Å². The fourth-order valence-corrected chi connectivity index (χ4v) is 3.89. The third-order valence-corrected chi connectivity index (χ3v) is 4.86. The van der Waals surface area contributed by atoms with E-state index < -0.39 is 0 Å². The van der Waals surface area contributed by atoms with E-state index in [-0.39, 0.29) is 0 Å². The molecule has 0 nitrogen and oxygen atoms in total. The van der Waals surface area contributed by atoms with Gasteiger partial charge in [-0.1, -0.05) is 0 Å². The summed E-state index contributed by atoms with van der Waals surface area (Å²) in [5.41, 5.74) is 1.35. The molecule has 0 amide bonds. The Labute approximate surface area is 86.8 Å². The van der Waals surface area contributed by atoms with E-state index in [0.29, 0.717) is 29.9 Å². The van der Waals surface area contributed by atoms with E-state index in [0.717, 1.165) is 0 Å². The van der Waals surface area contributed by atoms with E-state index >= 15 is 0 Å². The van der Waals surface area contributed by atoms with Crippen LogP contribution < -0.4 is 4.46 Å². The number of hydrogen-bond acceptors (Lipinski definition) is 0. The first kappa shape index (κ1) is 10.1. The van der Waals surface area contributed by atoms with E-state index in [4.69, 9.17) is 0 Å². The van der Waals surface area contributed by atoms with Crippen LogP contribution >= 0.6 is 0 Å². The molecule has 64 valence electrons. The molecule has 0 fully saturated rings. The predicted octanol–water partition coefficient (Wildman–Crippen LogP) is 1.55. The first-order chi connectivity index (χ1) is 5.83. The summed E-state index contributed by atoms with van der Waals surface area (Å²) < 4.78 is 1.47. The molecular weight excluding hydrogens is 278 g/mol. The standard InChI is InChI=1S/C10H12Se2/c1-9-3-5-10(6-4-9)12-8-7-11-2/h3-8H,1-2H3/b8-7-. The van der Waals surface area contributed by atoms with Crippen LogP contribution in [0, 0.1) is 6.92 Å². The Bertz CT molecular complexity index is 249. The Balaban J connectivity index is 2.53. The molecule has 2 heteroatoms. The number of hydrogen-bond donors (Lipinski definition) is 0.